The second-order valence-electron chi connectivity index (χ2n) is 6.82. The number of carbonyl (C=O) groups is 1. The number of esters is 1. The highest BCUT2D eigenvalue weighted by Gasteiger charge is 2.48. The van der Waals surface area contributed by atoms with Crippen LogP contribution in [-0.2, 0) is 15.1 Å². The molecule has 23 heavy (non-hydrogen) atoms. The summed E-state index contributed by atoms with van der Waals surface area (Å²) in [6.45, 7) is 4.82. The van der Waals surface area contributed by atoms with Crippen LogP contribution in [0.1, 0.15) is 44.6 Å². The smallest absolute Gasteiger partial charge is 0.343 e. The molecule has 4 nitrogen and oxygen atoms in total. The minimum atomic E-state index is -1.50. The Bertz CT molecular complexity index is 527. The lowest BCUT2D eigenvalue weighted by Gasteiger charge is -2.33. The van der Waals surface area contributed by atoms with Crippen LogP contribution in [-0.4, -0.2) is 41.7 Å². The Labute approximate surface area is 138 Å². The first-order valence-corrected chi connectivity index (χ1v) is 8.86. The molecule has 2 atom stereocenters. The summed E-state index contributed by atoms with van der Waals surface area (Å²) in [5.74, 6) is -0.500. The molecule has 1 saturated carbocycles. The molecule has 3 rings (SSSR count). The Balaban J connectivity index is 1.79. The Hall–Kier alpha value is -1.39. The van der Waals surface area contributed by atoms with Gasteiger partial charge < -0.3 is 9.84 Å². The van der Waals surface area contributed by atoms with Crippen LogP contribution in [0.2, 0.25) is 0 Å². The topological polar surface area (TPSA) is 49.8 Å². The molecule has 2 aliphatic rings. The molecule has 1 aliphatic carbocycles. The van der Waals surface area contributed by atoms with Gasteiger partial charge in [0.2, 0.25) is 0 Å². The van der Waals surface area contributed by atoms with Gasteiger partial charge in [-0.1, -0.05) is 50.1 Å². The molecule has 1 aliphatic heterocycles. The second-order valence-corrected chi connectivity index (χ2v) is 6.82. The van der Waals surface area contributed by atoms with Crippen molar-refractivity contribution in [2.75, 3.05) is 19.6 Å². The van der Waals surface area contributed by atoms with E-state index in [2.05, 4.69) is 11.8 Å². The minimum absolute atomic E-state index is 0.0407. The summed E-state index contributed by atoms with van der Waals surface area (Å²) >= 11 is 0. The summed E-state index contributed by atoms with van der Waals surface area (Å²) in [4.78, 5) is 15.2. The predicted octanol–water partition coefficient (Wildman–Crippen LogP) is 2.70. The summed E-state index contributed by atoms with van der Waals surface area (Å²) < 4.78 is 5.74. The van der Waals surface area contributed by atoms with Gasteiger partial charge in [-0.15, -0.1) is 0 Å². The molecule has 0 radical (unpaired) electrons. The van der Waals surface area contributed by atoms with Crippen LogP contribution in [0.15, 0.2) is 30.3 Å². The molecule has 1 N–H and O–H groups in total. The maximum absolute atomic E-state index is 12.9. The monoisotopic (exact) mass is 317 g/mol. The van der Waals surface area contributed by atoms with Gasteiger partial charge in [-0.05, 0) is 31.4 Å². The van der Waals surface area contributed by atoms with E-state index in [4.69, 9.17) is 4.74 Å². The molecular weight excluding hydrogens is 290 g/mol. The van der Waals surface area contributed by atoms with Gasteiger partial charge in [0.1, 0.15) is 6.10 Å². The van der Waals surface area contributed by atoms with Gasteiger partial charge in [0.15, 0.2) is 5.60 Å². The van der Waals surface area contributed by atoms with E-state index in [1.54, 1.807) is 0 Å². The van der Waals surface area contributed by atoms with Crippen LogP contribution in [0, 0.1) is 5.92 Å². The molecule has 2 fully saturated rings. The fourth-order valence-corrected chi connectivity index (χ4v) is 3.98. The zero-order valence-electron chi connectivity index (χ0n) is 13.9. The largest absolute Gasteiger partial charge is 0.459 e. The molecule has 1 aromatic rings. The van der Waals surface area contributed by atoms with Crippen LogP contribution < -0.4 is 0 Å². The van der Waals surface area contributed by atoms with Crippen LogP contribution in [0.5, 0.6) is 0 Å². The van der Waals surface area contributed by atoms with Crippen molar-refractivity contribution in [3.05, 3.63) is 35.9 Å². The van der Waals surface area contributed by atoms with Gasteiger partial charge in [-0.25, -0.2) is 4.79 Å². The van der Waals surface area contributed by atoms with Crippen LogP contribution in [0.4, 0.5) is 0 Å². The number of likely N-dealkylation sites (tertiary alicyclic amines) is 1. The van der Waals surface area contributed by atoms with Gasteiger partial charge in [0.05, 0.1) is 0 Å². The zero-order chi connectivity index (χ0) is 16.3. The first-order chi connectivity index (χ1) is 11.1. The fraction of sp³-hybridized carbons (Fsp3) is 0.632. The third-order valence-corrected chi connectivity index (χ3v) is 5.42. The summed E-state index contributed by atoms with van der Waals surface area (Å²) in [5, 5.41) is 11.3. The number of carbonyl (C=O) groups excluding carboxylic acids is 1. The minimum Gasteiger partial charge on any atom is -0.459 e. The molecule has 1 aromatic carbocycles. The SMILES string of the molecule is CCN1CCC(OC(=O)C(O)(c2ccccc2)C2CCCC2)C1. The van der Waals surface area contributed by atoms with Crippen molar-refractivity contribution in [2.45, 2.75) is 50.7 Å². The highest BCUT2D eigenvalue weighted by molar-refractivity contribution is 5.81. The normalized spacial score (nSPS) is 25.4. The molecule has 1 heterocycles. The Kier molecular flexibility index (Phi) is 5.02. The van der Waals surface area contributed by atoms with E-state index in [0.717, 1.165) is 51.7 Å². The molecule has 0 aromatic heterocycles. The van der Waals surface area contributed by atoms with Crippen molar-refractivity contribution in [2.24, 2.45) is 5.92 Å². The Morgan fingerprint density at radius 3 is 2.57 bits per heavy atom. The zero-order valence-corrected chi connectivity index (χ0v) is 13.9. The van der Waals surface area contributed by atoms with E-state index >= 15 is 0 Å². The van der Waals surface area contributed by atoms with Gasteiger partial charge in [0, 0.05) is 19.0 Å². The van der Waals surface area contributed by atoms with E-state index in [0.29, 0.717) is 5.56 Å². The molecule has 126 valence electrons. The highest BCUT2D eigenvalue weighted by atomic mass is 16.6. The van der Waals surface area contributed by atoms with E-state index in [9.17, 15) is 9.90 Å². The summed E-state index contributed by atoms with van der Waals surface area (Å²) in [6.07, 6.45) is 4.66. The molecule has 1 saturated heterocycles. The molecule has 0 bridgehead atoms. The number of aliphatic hydroxyl groups is 1. The fourth-order valence-electron chi connectivity index (χ4n) is 3.98. The molecule has 0 amide bonds. The Morgan fingerprint density at radius 1 is 1.26 bits per heavy atom. The summed E-state index contributed by atoms with van der Waals surface area (Å²) in [7, 11) is 0. The van der Waals surface area contributed by atoms with E-state index < -0.39 is 11.6 Å². The first kappa shape index (κ1) is 16.5. The Morgan fingerprint density at radius 2 is 1.96 bits per heavy atom. The number of hydrogen-bond donors (Lipinski definition) is 1. The maximum Gasteiger partial charge on any atom is 0.343 e. The van der Waals surface area contributed by atoms with Gasteiger partial charge in [0.25, 0.3) is 0 Å². The van der Waals surface area contributed by atoms with Crippen molar-refractivity contribution in [3.8, 4) is 0 Å². The van der Waals surface area contributed by atoms with Crippen molar-refractivity contribution in [3.63, 3.8) is 0 Å². The number of likely N-dealkylation sites (N-methyl/N-ethyl adjacent to an activating group) is 1. The van der Waals surface area contributed by atoms with Crippen molar-refractivity contribution < 1.29 is 14.6 Å². The van der Waals surface area contributed by atoms with Gasteiger partial charge >= 0.3 is 5.97 Å². The lowest BCUT2D eigenvalue weighted by atomic mass is 9.80. The predicted molar refractivity (Wildman–Crippen MR) is 88.9 cm³/mol. The van der Waals surface area contributed by atoms with Gasteiger partial charge in [-0.2, -0.15) is 0 Å². The first-order valence-electron chi connectivity index (χ1n) is 8.86. The maximum atomic E-state index is 12.9. The van der Waals surface area contributed by atoms with Crippen LogP contribution in [0.3, 0.4) is 0 Å². The molecular formula is C19H27NO3. The quantitative estimate of drug-likeness (QED) is 0.848. The van der Waals surface area contributed by atoms with Crippen LogP contribution in [0.25, 0.3) is 0 Å². The van der Waals surface area contributed by atoms with Crippen molar-refractivity contribution in [1.82, 2.24) is 4.90 Å². The molecule has 2 unspecified atom stereocenters. The number of ether oxygens (including phenoxy) is 1. The second kappa shape index (κ2) is 7.02. The highest BCUT2D eigenvalue weighted by Crippen LogP contribution is 2.41. The number of nitrogens with zero attached hydrogens (tertiary/aromatic N) is 1. The average molecular weight is 317 g/mol. The average Bonchev–Trinajstić information content (AvgIpc) is 3.26. The lowest BCUT2D eigenvalue weighted by molar-refractivity contribution is -0.178. The third kappa shape index (κ3) is 3.29. The molecule has 0 spiro atoms. The van der Waals surface area contributed by atoms with Crippen LogP contribution >= 0.6 is 0 Å². The van der Waals surface area contributed by atoms with Gasteiger partial charge in [-0.3, -0.25) is 4.90 Å². The van der Waals surface area contributed by atoms with E-state index in [-0.39, 0.29) is 12.0 Å². The third-order valence-electron chi connectivity index (χ3n) is 5.42. The molecule has 4 heteroatoms. The number of benzene rings is 1. The standard InChI is InChI=1S/C19H27NO3/c1-2-20-13-12-17(14-20)23-18(21)19(22,16-10-6-7-11-16)15-8-4-3-5-9-15/h3-5,8-9,16-17,22H,2,6-7,10-14H2,1H3. The van der Waals surface area contributed by atoms with E-state index in [1.165, 1.54) is 0 Å². The summed E-state index contributed by atoms with van der Waals surface area (Å²) in [6, 6.07) is 9.33. The lowest BCUT2D eigenvalue weighted by Crippen LogP contribution is -2.45. The summed E-state index contributed by atoms with van der Waals surface area (Å²) in [5.41, 5.74) is -0.834. The van der Waals surface area contributed by atoms with Crippen molar-refractivity contribution in [1.29, 1.82) is 0 Å². The van der Waals surface area contributed by atoms with Crippen molar-refractivity contribution >= 4 is 5.97 Å². The number of rotatable bonds is 5. The van der Waals surface area contributed by atoms with E-state index in [1.807, 2.05) is 30.3 Å². The number of hydrogen-bond acceptors (Lipinski definition) is 4.